The third-order valence-corrected chi connectivity index (χ3v) is 7.83. The standard InChI is InChI=1S/C18H26BF3N2O4S/c1-16(2)17(3,4)28-19(27-16)15-7-6-13(12-14(15)18(20,21)22)29(25,26)24-10-8-23(5)9-11-24/h6-7,12H,8-11H2,1-5H3. The van der Waals surface area contributed by atoms with Crippen LogP contribution in [0.3, 0.4) is 0 Å². The molecule has 0 saturated carbocycles. The lowest BCUT2D eigenvalue weighted by Crippen LogP contribution is -2.47. The van der Waals surface area contributed by atoms with Crippen molar-refractivity contribution in [3.8, 4) is 0 Å². The van der Waals surface area contributed by atoms with Crippen LogP contribution < -0.4 is 5.46 Å². The van der Waals surface area contributed by atoms with E-state index in [0.717, 1.165) is 6.07 Å². The van der Waals surface area contributed by atoms with Crippen molar-refractivity contribution in [1.82, 2.24) is 9.21 Å². The van der Waals surface area contributed by atoms with Crippen LogP contribution in [-0.4, -0.2) is 69.2 Å². The van der Waals surface area contributed by atoms with E-state index < -0.39 is 40.1 Å². The van der Waals surface area contributed by atoms with Crippen LogP contribution in [-0.2, 0) is 25.5 Å². The minimum atomic E-state index is -4.76. The highest BCUT2D eigenvalue weighted by Gasteiger charge is 2.53. The number of rotatable bonds is 3. The van der Waals surface area contributed by atoms with Crippen molar-refractivity contribution in [1.29, 1.82) is 0 Å². The number of likely N-dealkylation sites (N-methyl/N-ethyl adjacent to an activating group) is 1. The lowest BCUT2D eigenvalue weighted by molar-refractivity contribution is -0.137. The van der Waals surface area contributed by atoms with Gasteiger partial charge in [0.25, 0.3) is 0 Å². The minimum absolute atomic E-state index is 0.228. The Hall–Kier alpha value is -1.14. The number of nitrogens with zero attached hydrogens (tertiary/aromatic N) is 2. The van der Waals surface area contributed by atoms with E-state index in [-0.39, 0.29) is 23.4 Å². The van der Waals surface area contributed by atoms with E-state index in [1.165, 1.54) is 10.4 Å². The molecule has 162 valence electrons. The van der Waals surface area contributed by atoms with Gasteiger partial charge in [-0.1, -0.05) is 6.07 Å². The van der Waals surface area contributed by atoms with Crippen LogP contribution in [0.25, 0.3) is 0 Å². The summed E-state index contributed by atoms with van der Waals surface area (Å²) in [5, 5.41) is 0. The number of hydrogen-bond donors (Lipinski definition) is 0. The van der Waals surface area contributed by atoms with Gasteiger partial charge in [-0.2, -0.15) is 17.5 Å². The van der Waals surface area contributed by atoms with Crippen LogP contribution in [0.2, 0.25) is 0 Å². The van der Waals surface area contributed by atoms with Crippen LogP contribution in [0.4, 0.5) is 13.2 Å². The number of alkyl halides is 3. The second-order valence-electron chi connectivity index (χ2n) is 8.54. The monoisotopic (exact) mass is 434 g/mol. The molecular weight excluding hydrogens is 408 g/mol. The molecule has 0 N–H and O–H groups in total. The first-order valence-electron chi connectivity index (χ1n) is 9.41. The Balaban J connectivity index is 2.00. The van der Waals surface area contributed by atoms with Crippen LogP contribution in [0.15, 0.2) is 23.1 Å². The predicted molar refractivity (Wildman–Crippen MR) is 103 cm³/mol. The zero-order valence-electron chi connectivity index (χ0n) is 17.2. The molecule has 1 aromatic carbocycles. The highest BCUT2D eigenvalue weighted by molar-refractivity contribution is 7.89. The van der Waals surface area contributed by atoms with Gasteiger partial charge in [-0.25, -0.2) is 8.42 Å². The largest absolute Gasteiger partial charge is 0.495 e. The molecule has 0 spiro atoms. The second-order valence-corrected chi connectivity index (χ2v) is 10.5. The number of piperazine rings is 1. The van der Waals surface area contributed by atoms with Gasteiger partial charge in [0.05, 0.1) is 21.7 Å². The number of halogens is 3. The van der Waals surface area contributed by atoms with Crippen molar-refractivity contribution in [3.05, 3.63) is 23.8 Å². The van der Waals surface area contributed by atoms with Gasteiger partial charge < -0.3 is 14.2 Å². The molecule has 0 aromatic heterocycles. The number of benzene rings is 1. The van der Waals surface area contributed by atoms with Gasteiger partial charge in [0.2, 0.25) is 10.0 Å². The average molecular weight is 434 g/mol. The molecule has 0 unspecified atom stereocenters. The van der Waals surface area contributed by atoms with Gasteiger partial charge in [0.1, 0.15) is 0 Å². The summed E-state index contributed by atoms with van der Waals surface area (Å²) >= 11 is 0. The molecule has 3 rings (SSSR count). The van der Waals surface area contributed by atoms with E-state index in [0.29, 0.717) is 19.2 Å². The van der Waals surface area contributed by atoms with Gasteiger partial charge in [0, 0.05) is 26.2 Å². The van der Waals surface area contributed by atoms with Crippen molar-refractivity contribution in [2.45, 2.75) is 50.0 Å². The maximum atomic E-state index is 13.8. The number of hydrogen-bond acceptors (Lipinski definition) is 5. The van der Waals surface area contributed by atoms with Crippen molar-refractivity contribution in [2.75, 3.05) is 33.2 Å². The third kappa shape index (κ3) is 4.20. The molecule has 2 saturated heterocycles. The molecule has 0 aliphatic carbocycles. The van der Waals surface area contributed by atoms with E-state index in [1.807, 2.05) is 11.9 Å². The normalized spacial score (nSPS) is 23.5. The topological polar surface area (TPSA) is 59.1 Å². The van der Waals surface area contributed by atoms with Crippen LogP contribution in [0.5, 0.6) is 0 Å². The summed E-state index contributed by atoms with van der Waals surface area (Å²) in [7, 11) is -3.40. The summed E-state index contributed by atoms with van der Waals surface area (Å²) in [6, 6.07) is 3.03. The molecule has 0 bridgehead atoms. The van der Waals surface area contributed by atoms with Crippen molar-refractivity contribution in [2.24, 2.45) is 0 Å². The minimum Gasteiger partial charge on any atom is -0.399 e. The fraction of sp³-hybridized carbons (Fsp3) is 0.667. The van der Waals surface area contributed by atoms with Crippen molar-refractivity contribution in [3.63, 3.8) is 0 Å². The molecule has 0 atom stereocenters. The summed E-state index contributed by atoms with van der Waals surface area (Å²) in [5.41, 5.74) is -2.92. The Morgan fingerprint density at radius 2 is 1.52 bits per heavy atom. The molecule has 0 amide bonds. The van der Waals surface area contributed by atoms with Gasteiger partial charge in [-0.3, -0.25) is 0 Å². The Labute approximate surface area is 170 Å². The van der Waals surface area contributed by atoms with E-state index in [4.69, 9.17) is 9.31 Å². The van der Waals surface area contributed by atoms with Gasteiger partial charge in [-0.15, -0.1) is 0 Å². The molecule has 29 heavy (non-hydrogen) atoms. The third-order valence-electron chi connectivity index (χ3n) is 5.94. The Bertz CT molecular complexity index is 866. The Morgan fingerprint density at radius 1 is 1.00 bits per heavy atom. The van der Waals surface area contributed by atoms with E-state index in [2.05, 4.69) is 0 Å². The zero-order chi connectivity index (χ0) is 21.8. The molecule has 0 radical (unpaired) electrons. The first-order valence-corrected chi connectivity index (χ1v) is 10.8. The molecule has 11 heteroatoms. The van der Waals surface area contributed by atoms with E-state index >= 15 is 0 Å². The molecule has 2 aliphatic heterocycles. The van der Waals surface area contributed by atoms with Crippen LogP contribution in [0.1, 0.15) is 33.3 Å². The average Bonchev–Trinajstić information content (AvgIpc) is 2.81. The smallest absolute Gasteiger partial charge is 0.399 e. The van der Waals surface area contributed by atoms with E-state index in [1.54, 1.807) is 27.7 Å². The molecular formula is C18H26BF3N2O4S. The molecule has 2 heterocycles. The van der Waals surface area contributed by atoms with E-state index in [9.17, 15) is 21.6 Å². The SMILES string of the molecule is CN1CCN(S(=O)(=O)c2ccc(B3OC(C)(C)C(C)(C)O3)c(C(F)(F)F)c2)CC1. The predicted octanol–water partition coefficient (Wildman–Crippen LogP) is 1.94. The summed E-state index contributed by atoms with van der Waals surface area (Å²) in [6.07, 6.45) is -4.76. The molecule has 1 aromatic rings. The fourth-order valence-corrected chi connectivity index (χ4v) is 4.74. The molecule has 2 aliphatic rings. The van der Waals surface area contributed by atoms with Gasteiger partial charge in [-0.05, 0) is 52.3 Å². The van der Waals surface area contributed by atoms with Crippen LogP contribution in [0, 0.1) is 0 Å². The molecule has 6 nitrogen and oxygen atoms in total. The summed E-state index contributed by atoms with van der Waals surface area (Å²) < 4.78 is 80.0. The van der Waals surface area contributed by atoms with Crippen molar-refractivity contribution < 1.29 is 30.9 Å². The summed E-state index contributed by atoms with van der Waals surface area (Å²) in [4.78, 5) is 1.59. The molecule has 2 fully saturated rings. The fourth-order valence-electron chi connectivity index (χ4n) is 3.29. The Kier molecular flexibility index (Phi) is 5.62. The first kappa shape index (κ1) is 22.5. The lowest BCUT2D eigenvalue weighted by Gasteiger charge is -2.32. The van der Waals surface area contributed by atoms with Crippen molar-refractivity contribution >= 4 is 22.6 Å². The summed E-state index contributed by atoms with van der Waals surface area (Å²) in [5.74, 6) is 0. The highest BCUT2D eigenvalue weighted by Crippen LogP contribution is 2.38. The number of sulfonamides is 1. The maximum absolute atomic E-state index is 13.8. The Morgan fingerprint density at radius 3 is 2.00 bits per heavy atom. The maximum Gasteiger partial charge on any atom is 0.495 e. The first-order chi connectivity index (χ1) is 13.1. The lowest BCUT2D eigenvalue weighted by atomic mass is 9.76. The van der Waals surface area contributed by atoms with Gasteiger partial charge in [0.15, 0.2) is 0 Å². The van der Waals surface area contributed by atoms with Gasteiger partial charge >= 0.3 is 13.3 Å². The highest BCUT2D eigenvalue weighted by atomic mass is 32.2. The van der Waals surface area contributed by atoms with Crippen LogP contribution >= 0.6 is 0 Å². The summed E-state index contributed by atoms with van der Waals surface area (Å²) in [6.45, 7) is 8.49. The second kappa shape index (κ2) is 7.23. The zero-order valence-corrected chi connectivity index (χ0v) is 18.0. The quantitative estimate of drug-likeness (QED) is 0.681.